The Balaban J connectivity index is 1.85. The van der Waals surface area contributed by atoms with E-state index in [9.17, 15) is 18.0 Å². The maximum Gasteiger partial charge on any atom is 0.417 e. The minimum absolute atomic E-state index is 0.0325. The van der Waals surface area contributed by atoms with Gasteiger partial charge >= 0.3 is 6.18 Å². The number of hydrogen-bond donors (Lipinski definition) is 0. The van der Waals surface area contributed by atoms with Crippen LogP contribution in [-0.4, -0.2) is 15.8 Å². The van der Waals surface area contributed by atoms with Gasteiger partial charge in [-0.15, -0.1) is 0 Å². The minimum atomic E-state index is -4.45. The molecule has 8 heteroatoms. The molecule has 1 aliphatic rings. The van der Waals surface area contributed by atoms with Gasteiger partial charge in [0.2, 0.25) is 5.88 Å². The summed E-state index contributed by atoms with van der Waals surface area (Å²) in [4.78, 5) is 19.6. The monoisotopic (exact) mass is 342 g/mol. The second-order valence-corrected chi connectivity index (χ2v) is 5.41. The number of pyridine rings is 2. The number of halogens is 4. The van der Waals surface area contributed by atoms with Gasteiger partial charge in [0.1, 0.15) is 11.3 Å². The molecule has 1 unspecified atom stereocenters. The number of carbonyl (C=O) groups is 1. The first kappa shape index (κ1) is 15.7. The Morgan fingerprint density at radius 2 is 2.00 bits per heavy atom. The molecular formula is C15H10ClF3N2O2. The molecule has 0 N–H and O–H groups in total. The maximum atomic E-state index is 12.5. The van der Waals surface area contributed by atoms with E-state index >= 15 is 0 Å². The standard InChI is InChI=1S/C15H10ClF3N2O2/c16-12-5-2-9-10(22)3-4-11(14(9)21-12)23-13-6-1-8(7-20-13)15(17,18)19/h1-2,5-7,11H,3-4H2. The van der Waals surface area contributed by atoms with Crippen LogP contribution in [-0.2, 0) is 6.18 Å². The Hall–Kier alpha value is -2.15. The van der Waals surface area contributed by atoms with E-state index < -0.39 is 17.8 Å². The lowest BCUT2D eigenvalue weighted by atomic mass is 9.92. The largest absolute Gasteiger partial charge is 0.468 e. The Morgan fingerprint density at radius 3 is 2.65 bits per heavy atom. The Labute approximate surface area is 134 Å². The zero-order chi connectivity index (χ0) is 16.6. The molecule has 0 fully saturated rings. The van der Waals surface area contributed by atoms with Crippen molar-refractivity contribution in [1.29, 1.82) is 0 Å². The van der Waals surface area contributed by atoms with Gasteiger partial charge in [-0.25, -0.2) is 9.97 Å². The van der Waals surface area contributed by atoms with Crippen LogP contribution in [0, 0.1) is 0 Å². The predicted molar refractivity (Wildman–Crippen MR) is 75.4 cm³/mol. The van der Waals surface area contributed by atoms with Crippen molar-refractivity contribution in [2.75, 3.05) is 0 Å². The van der Waals surface area contributed by atoms with Gasteiger partial charge in [-0.05, 0) is 24.6 Å². The number of ketones is 1. The van der Waals surface area contributed by atoms with E-state index in [-0.39, 0.29) is 23.2 Å². The number of carbonyl (C=O) groups excluding carboxylic acids is 1. The zero-order valence-corrected chi connectivity index (χ0v) is 12.4. The highest BCUT2D eigenvalue weighted by molar-refractivity contribution is 6.29. The van der Waals surface area contributed by atoms with Gasteiger partial charge < -0.3 is 4.74 Å². The van der Waals surface area contributed by atoms with Crippen LogP contribution in [0.5, 0.6) is 5.88 Å². The summed E-state index contributed by atoms with van der Waals surface area (Å²) in [6.45, 7) is 0. The molecule has 0 bridgehead atoms. The summed E-state index contributed by atoms with van der Waals surface area (Å²) in [6, 6.07) is 5.12. The lowest BCUT2D eigenvalue weighted by Gasteiger charge is -2.24. The van der Waals surface area contributed by atoms with Gasteiger partial charge in [0.25, 0.3) is 0 Å². The molecule has 0 aliphatic heterocycles. The Bertz CT molecular complexity index is 747. The van der Waals surface area contributed by atoms with Gasteiger partial charge in [-0.2, -0.15) is 13.2 Å². The summed E-state index contributed by atoms with van der Waals surface area (Å²) in [7, 11) is 0. The third-order valence-corrected chi connectivity index (χ3v) is 3.67. The average molecular weight is 343 g/mol. The fraction of sp³-hybridized carbons (Fsp3) is 0.267. The number of alkyl halides is 3. The van der Waals surface area contributed by atoms with Crippen molar-refractivity contribution >= 4 is 17.4 Å². The number of ether oxygens (including phenoxy) is 1. The van der Waals surface area contributed by atoms with Crippen LogP contribution < -0.4 is 4.74 Å². The second kappa shape index (κ2) is 5.81. The molecule has 120 valence electrons. The Morgan fingerprint density at radius 1 is 1.22 bits per heavy atom. The van der Waals surface area contributed by atoms with Gasteiger partial charge in [0.15, 0.2) is 5.78 Å². The van der Waals surface area contributed by atoms with Crippen molar-refractivity contribution in [2.45, 2.75) is 25.1 Å². The van der Waals surface area contributed by atoms with E-state index in [1.807, 2.05) is 0 Å². The van der Waals surface area contributed by atoms with Crippen molar-refractivity contribution in [3.05, 3.63) is 52.4 Å². The fourth-order valence-electron chi connectivity index (χ4n) is 2.34. The van der Waals surface area contributed by atoms with E-state index in [1.165, 1.54) is 6.07 Å². The molecule has 23 heavy (non-hydrogen) atoms. The fourth-order valence-corrected chi connectivity index (χ4v) is 2.50. The first-order chi connectivity index (χ1) is 10.8. The van der Waals surface area contributed by atoms with Crippen LogP contribution in [0.2, 0.25) is 5.15 Å². The number of hydrogen-bond acceptors (Lipinski definition) is 4. The highest BCUT2D eigenvalue weighted by Gasteiger charge is 2.32. The average Bonchev–Trinajstić information content (AvgIpc) is 2.50. The summed E-state index contributed by atoms with van der Waals surface area (Å²) < 4.78 is 43.2. The number of nitrogens with zero attached hydrogens (tertiary/aromatic N) is 2. The summed E-state index contributed by atoms with van der Waals surface area (Å²) in [5.41, 5.74) is -0.0572. The molecule has 0 saturated heterocycles. The first-order valence-electron chi connectivity index (χ1n) is 6.74. The second-order valence-electron chi connectivity index (χ2n) is 5.02. The number of Topliss-reactive ketones (excluding diaryl/α,β-unsaturated/α-hetero) is 1. The first-order valence-corrected chi connectivity index (χ1v) is 7.12. The number of rotatable bonds is 2. The normalized spacial score (nSPS) is 17.7. The summed E-state index contributed by atoms with van der Waals surface area (Å²) in [6.07, 6.45) is -3.70. The topological polar surface area (TPSA) is 52.1 Å². The third kappa shape index (κ3) is 3.29. The third-order valence-electron chi connectivity index (χ3n) is 3.46. The lowest BCUT2D eigenvalue weighted by molar-refractivity contribution is -0.137. The van der Waals surface area contributed by atoms with E-state index in [0.717, 1.165) is 12.1 Å². The molecule has 0 aromatic carbocycles. The molecule has 0 saturated carbocycles. The van der Waals surface area contributed by atoms with E-state index in [0.29, 0.717) is 23.9 Å². The minimum Gasteiger partial charge on any atom is -0.468 e. The molecule has 2 heterocycles. The lowest BCUT2D eigenvalue weighted by Crippen LogP contribution is -2.21. The molecule has 0 spiro atoms. The van der Waals surface area contributed by atoms with Crippen LogP contribution in [0.25, 0.3) is 0 Å². The highest BCUT2D eigenvalue weighted by atomic mass is 35.5. The molecule has 2 aromatic heterocycles. The highest BCUT2D eigenvalue weighted by Crippen LogP contribution is 2.34. The van der Waals surface area contributed by atoms with Crippen molar-refractivity contribution in [2.24, 2.45) is 0 Å². The maximum absolute atomic E-state index is 12.5. The Kier molecular flexibility index (Phi) is 3.97. The van der Waals surface area contributed by atoms with Crippen molar-refractivity contribution < 1.29 is 22.7 Å². The van der Waals surface area contributed by atoms with E-state index in [4.69, 9.17) is 16.3 Å². The molecule has 2 aromatic rings. The zero-order valence-electron chi connectivity index (χ0n) is 11.6. The number of aromatic nitrogens is 2. The van der Waals surface area contributed by atoms with Gasteiger partial charge in [-0.3, -0.25) is 4.79 Å². The van der Waals surface area contributed by atoms with E-state index in [2.05, 4.69) is 9.97 Å². The summed E-state index contributed by atoms with van der Waals surface area (Å²) in [5.74, 6) is -0.0329. The van der Waals surface area contributed by atoms with Crippen LogP contribution in [0.15, 0.2) is 30.5 Å². The van der Waals surface area contributed by atoms with Crippen molar-refractivity contribution in [1.82, 2.24) is 9.97 Å². The molecule has 4 nitrogen and oxygen atoms in total. The molecular weight excluding hydrogens is 333 g/mol. The quantitative estimate of drug-likeness (QED) is 0.766. The van der Waals surface area contributed by atoms with Crippen LogP contribution >= 0.6 is 11.6 Å². The van der Waals surface area contributed by atoms with E-state index in [1.54, 1.807) is 6.07 Å². The SMILES string of the molecule is O=C1CCC(Oc2ccc(C(F)(F)F)cn2)c2nc(Cl)ccc21. The summed E-state index contributed by atoms with van der Waals surface area (Å²) in [5, 5.41) is 0.215. The molecule has 1 atom stereocenters. The van der Waals surface area contributed by atoms with Crippen molar-refractivity contribution in [3.63, 3.8) is 0 Å². The molecule has 0 radical (unpaired) electrons. The van der Waals surface area contributed by atoms with Crippen LogP contribution in [0.3, 0.4) is 0 Å². The van der Waals surface area contributed by atoms with Gasteiger partial charge in [0.05, 0.1) is 11.3 Å². The van der Waals surface area contributed by atoms with Gasteiger partial charge in [-0.1, -0.05) is 11.6 Å². The molecule has 0 amide bonds. The van der Waals surface area contributed by atoms with Crippen LogP contribution in [0.1, 0.15) is 40.6 Å². The van der Waals surface area contributed by atoms with Crippen LogP contribution in [0.4, 0.5) is 13.2 Å². The van der Waals surface area contributed by atoms with Crippen molar-refractivity contribution in [3.8, 4) is 5.88 Å². The van der Waals surface area contributed by atoms with Gasteiger partial charge in [0, 0.05) is 24.2 Å². The smallest absolute Gasteiger partial charge is 0.417 e. The predicted octanol–water partition coefficient (Wildman–Crippen LogP) is 4.25. The summed E-state index contributed by atoms with van der Waals surface area (Å²) >= 11 is 5.85. The number of fused-ring (bicyclic) bond motifs is 1. The molecule has 3 rings (SSSR count). The molecule has 1 aliphatic carbocycles.